The average molecular weight is 402 g/mol. The number of carbonyl (C=O) groups excluding carboxylic acids is 3. The molecule has 0 radical (unpaired) electrons. The molecule has 2 atom stereocenters. The molecule has 7 heteroatoms. The third-order valence-corrected chi connectivity index (χ3v) is 5.26. The number of nitrogens with zero attached hydrogens (tertiary/aromatic N) is 1. The molecule has 1 aliphatic heterocycles. The van der Waals surface area contributed by atoms with Crippen LogP contribution in [-0.2, 0) is 9.47 Å². The molecular weight excluding hydrogens is 372 g/mol. The van der Waals surface area contributed by atoms with E-state index in [2.05, 4.69) is 12.2 Å². The molecular formula is C22H30N2O5. The summed E-state index contributed by atoms with van der Waals surface area (Å²) in [4.78, 5) is 39.2. The van der Waals surface area contributed by atoms with Gasteiger partial charge in [0.25, 0.3) is 11.8 Å². The molecule has 1 saturated carbocycles. The molecule has 0 saturated heterocycles. The Morgan fingerprint density at radius 2 is 1.83 bits per heavy atom. The molecule has 158 valence electrons. The number of unbranched alkanes of at least 4 members (excludes halogenated alkanes) is 1. The lowest BCUT2D eigenvalue weighted by atomic mass is 10.1. The van der Waals surface area contributed by atoms with Crippen molar-refractivity contribution in [1.29, 1.82) is 0 Å². The molecule has 3 rings (SSSR count). The highest BCUT2D eigenvalue weighted by atomic mass is 16.6. The normalized spacial score (nSPS) is 23.2. The maximum Gasteiger partial charge on any atom is 0.408 e. The summed E-state index contributed by atoms with van der Waals surface area (Å²) in [5, 5.41) is 2.92. The van der Waals surface area contributed by atoms with Crippen molar-refractivity contribution in [2.24, 2.45) is 5.92 Å². The van der Waals surface area contributed by atoms with E-state index in [1.807, 2.05) is 0 Å². The number of imide groups is 1. The molecule has 1 heterocycles. The van der Waals surface area contributed by atoms with Crippen LogP contribution in [-0.4, -0.2) is 53.7 Å². The zero-order valence-corrected chi connectivity index (χ0v) is 17.6. The number of amides is 3. The van der Waals surface area contributed by atoms with Crippen molar-refractivity contribution in [3.8, 4) is 0 Å². The second kappa shape index (κ2) is 8.14. The van der Waals surface area contributed by atoms with Gasteiger partial charge in [-0.1, -0.05) is 25.5 Å². The third kappa shape index (κ3) is 4.78. The second-order valence-electron chi connectivity index (χ2n) is 8.85. The quantitative estimate of drug-likeness (QED) is 0.532. The Morgan fingerprint density at radius 3 is 2.38 bits per heavy atom. The molecule has 0 unspecified atom stereocenters. The van der Waals surface area contributed by atoms with Gasteiger partial charge >= 0.3 is 6.09 Å². The van der Waals surface area contributed by atoms with Crippen LogP contribution in [0.15, 0.2) is 24.3 Å². The number of ether oxygens (including phenoxy) is 2. The number of carbonyl (C=O) groups is 3. The topological polar surface area (TPSA) is 84.9 Å². The molecule has 1 N–H and O–H groups in total. The van der Waals surface area contributed by atoms with Crippen LogP contribution in [0, 0.1) is 5.92 Å². The lowest BCUT2D eigenvalue weighted by Gasteiger charge is -2.27. The van der Waals surface area contributed by atoms with E-state index >= 15 is 0 Å². The van der Waals surface area contributed by atoms with E-state index in [0.717, 1.165) is 12.8 Å². The Balaban J connectivity index is 1.72. The van der Waals surface area contributed by atoms with Crippen molar-refractivity contribution in [2.45, 2.75) is 58.1 Å². The SMILES string of the molecule is CCCCOC[C@H]1C[C@]1(CN1C(=O)c2ccccc2C1=O)NC(=O)OC(C)(C)C. The summed E-state index contributed by atoms with van der Waals surface area (Å²) in [6, 6.07) is 6.79. The summed E-state index contributed by atoms with van der Waals surface area (Å²) in [7, 11) is 0. The van der Waals surface area contributed by atoms with Gasteiger partial charge in [-0.25, -0.2) is 4.79 Å². The fourth-order valence-corrected chi connectivity index (χ4v) is 3.63. The lowest BCUT2D eigenvalue weighted by Crippen LogP contribution is -2.50. The highest BCUT2D eigenvalue weighted by Crippen LogP contribution is 2.45. The van der Waals surface area contributed by atoms with Crippen molar-refractivity contribution >= 4 is 17.9 Å². The molecule has 1 aliphatic carbocycles. The summed E-state index contributed by atoms with van der Waals surface area (Å²) in [6.07, 6.45) is 2.09. The van der Waals surface area contributed by atoms with Crippen LogP contribution in [0.5, 0.6) is 0 Å². The first-order valence-corrected chi connectivity index (χ1v) is 10.2. The lowest BCUT2D eigenvalue weighted by molar-refractivity contribution is 0.0429. The van der Waals surface area contributed by atoms with E-state index in [9.17, 15) is 14.4 Å². The maximum absolute atomic E-state index is 12.8. The van der Waals surface area contributed by atoms with E-state index in [-0.39, 0.29) is 24.3 Å². The smallest absolute Gasteiger partial charge is 0.408 e. The van der Waals surface area contributed by atoms with Gasteiger partial charge in [0, 0.05) is 12.5 Å². The molecule has 0 bridgehead atoms. The molecule has 0 aromatic heterocycles. The van der Waals surface area contributed by atoms with Gasteiger partial charge in [-0.2, -0.15) is 0 Å². The van der Waals surface area contributed by atoms with Crippen molar-refractivity contribution in [3.63, 3.8) is 0 Å². The minimum atomic E-state index is -0.720. The molecule has 3 amide bonds. The van der Waals surface area contributed by atoms with Gasteiger partial charge in [0.05, 0.1) is 29.8 Å². The number of benzene rings is 1. The number of rotatable bonds is 8. The van der Waals surface area contributed by atoms with E-state index in [4.69, 9.17) is 9.47 Å². The second-order valence-corrected chi connectivity index (χ2v) is 8.85. The van der Waals surface area contributed by atoms with E-state index < -0.39 is 17.2 Å². The van der Waals surface area contributed by atoms with E-state index in [1.54, 1.807) is 45.0 Å². The Hall–Kier alpha value is -2.41. The first kappa shape index (κ1) is 21.3. The van der Waals surface area contributed by atoms with Gasteiger partial charge < -0.3 is 14.8 Å². The first-order valence-electron chi connectivity index (χ1n) is 10.2. The third-order valence-electron chi connectivity index (χ3n) is 5.26. The van der Waals surface area contributed by atoms with Crippen LogP contribution in [0.2, 0.25) is 0 Å². The molecule has 1 aromatic carbocycles. The van der Waals surface area contributed by atoms with Crippen LogP contribution in [0.4, 0.5) is 4.79 Å². The summed E-state index contributed by atoms with van der Waals surface area (Å²) < 4.78 is 11.1. The van der Waals surface area contributed by atoms with Crippen molar-refractivity contribution < 1.29 is 23.9 Å². The Kier molecular flexibility index (Phi) is 5.98. The van der Waals surface area contributed by atoms with Gasteiger partial charge in [-0.15, -0.1) is 0 Å². The predicted molar refractivity (Wildman–Crippen MR) is 108 cm³/mol. The van der Waals surface area contributed by atoms with Crippen LogP contribution < -0.4 is 5.32 Å². The summed E-state index contributed by atoms with van der Waals surface area (Å²) >= 11 is 0. The van der Waals surface area contributed by atoms with E-state index in [1.165, 1.54) is 4.90 Å². The average Bonchev–Trinajstić information content (AvgIpc) is 3.25. The number of hydrogen-bond donors (Lipinski definition) is 1. The molecule has 29 heavy (non-hydrogen) atoms. The fourth-order valence-electron chi connectivity index (χ4n) is 3.63. The zero-order valence-electron chi connectivity index (χ0n) is 17.6. The Bertz CT molecular complexity index is 766. The van der Waals surface area contributed by atoms with Crippen molar-refractivity contribution in [1.82, 2.24) is 10.2 Å². The summed E-state index contributed by atoms with van der Waals surface area (Å²) in [5.41, 5.74) is -0.548. The van der Waals surface area contributed by atoms with Gasteiger partial charge in [-0.05, 0) is 45.7 Å². The van der Waals surface area contributed by atoms with Crippen molar-refractivity contribution in [3.05, 3.63) is 35.4 Å². The summed E-state index contributed by atoms with van der Waals surface area (Å²) in [6.45, 7) is 8.71. The summed E-state index contributed by atoms with van der Waals surface area (Å²) in [5.74, 6) is -0.627. The van der Waals surface area contributed by atoms with Crippen LogP contribution in [0.1, 0.15) is 67.7 Å². The molecule has 7 nitrogen and oxygen atoms in total. The molecule has 2 aliphatic rings. The molecule has 1 fully saturated rings. The van der Waals surface area contributed by atoms with Crippen molar-refractivity contribution in [2.75, 3.05) is 19.8 Å². The minimum absolute atomic E-state index is 0.0242. The van der Waals surface area contributed by atoms with Gasteiger partial charge in [0.15, 0.2) is 0 Å². The van der Waals surface area contributed by atoms with Crippen LogP contribution >= 0.6 is 0 Å². The number of fused-ring (bicyclic) bond motifs is 1. The minimum Gasteiger partial charge on any atom is -0.444 e. The largest absolute Gasteiger partial charge is 0.444 e. The van der Waals surface area contributed by atoms with Gasteiger partial charge in [-0.3, -0.25) is 14.5 Å². The number of alkyl carbamates (subject to hydrolysis) is 1. The molecule has 1 aromatic rings. The van der Waals surface area contributed by atoms with Crippen LogP contribution in [0.25, 0.3) is 0 Å². The fraction of sp³-hybridized carbons (Fsp3) is 0.591. The number of nitrogens with one attached hydrogen (secondary N) is 1. The standard InChI is InChI=1S/C22H30N2O5/c1-5-6-11-28-13-15-12-22(15,23-20(27)29-21(2,3)4)14-24-18(25)16-9-7-8-10-17(16)19(24)26/h7-10,15H,5-6,11-14H2,1-4H3,(H,23,27)/t15-,22-/m1/s1. The zero-order chi connectivity index (χ0) is 21.2. The monoisotopic (exact) mass is 402 g/mol. The van der Waals surface area contributed by atoms with Gasteiger partial charge in [0.2, 0.25) is 0 Å². The maximum atomic E-state index is 12.8. The van der Waals surface area contributed by atoms with Gasteiger partial charge in [0.1, 0.15) is 5.60 Å². The Morgan fingerprint density at radius 1 is 1.21 bits per heavy atom. The molecule has 0 spiro atoms. The number of hydrogen-bond acceptors (Lipinski definition) is 5. The van der Waals surface area contributed by atoms with Crippen LogP contribution in [0.3, 0.4) is 0 Å². The predicted octanol–water partition coefficient (Wildman–Crippen LogP) is 3.38. The Labute approximate surface area is 171 Å². The highest BCUT2D eigenvalue weighted by molar-refractivity contribution is 6.21. The highest BCUT2D eigenvalue weighted by Gasteiger charge is 2.58. The first-order chi connectivity index (χ1) is 13.7. The van der Waals surface area contributed by atoms with E-state index in [0.29, 0.717) is 30.8 Å².